The van der Waals surface area contributed by atoms with Crippen LogP contribution in [0.5, 0.6) is 5.75 Å². The van der Waals surface area contributed by atoms with Gasteiger partial charge in [-0.1, -0.05) is 17.7 Å². The molecule has 1 aromatic carbocycles. The number of ether oxygens (including phenoxy) is 2. The SMILES string of the molecule is Cc1ccc(C(=O)O)c(C(C)Oc2cc(-c3c(CN(C)C(=O)OC(C)(C)C)nn(C)c3C#N)cnc2N)c1. The maximum Gasteiger partial charge on any atom is 0.410 e. The van der Waals surface area contributed by atoms with E-state index in [9.17, 15) is 20.0 Å². The summed E-state index contributed by atoms with van der Waals surface area (Å²) in [6.45, 7) is 8.98. The van der Waals surface area contributed by atoms with Crippen LogP contribution in [0.1, 0.15) is 66.7 Å². The minimum Gasteiger partial charge on any atom is -0.482 e. The van der Waals surface area contributed by atoms with Gasteiger partial charge in [0.1, 0.15) is 23.5 Å². The van der Waals surface area contributed by atoms with E-state index in [0.29, 0.717) is 22.4 Å². The van der Waals surface area contributed by atoms with Gasteiger partial charge in [0.05, 0.1) is 17.8 Å². The minimum absolute atomic E-state index is 0.0714. The van der Waals surface area contributed by atoms with Gasteiger partial charge < -0.3 is 25.2 Å². The number of hydrogen-bond donors (Lipinski definition) is 2. The number of carbonyl (C=O) groups excluding carboxylic acids is 1. The Hall–Kier alpha value is -4.59. The Labute approximate surface area is 221 Å². The Kier molecular flexibility index (Phi) is 7.96. The van der Waals surface area contributed by atoms with E-state index in [1.807, 2.05) is 6.92 Å². The molecule has 0 bridgehead atoms. The maximum absolute atomic E-state index is 12.5. The van der Waals surface area contributed by atoms with E-state index in [4.69, 9.17) is 15.2 Å². The van der Waals surface area contributed by atoms with E-state index >= 15 is 0 Å². The van der Waals surface area contributed by atoms with Gasteiger partial charge in [0, 0.05) is 37.0 Å². The number of carboxylic acid groups (broad SMARTS) is 1. The molecule has 0 aliphatic heterocycles. The number of benzene rings is 1. The number of carbonyl (C=O) groups is 2. The number of aromatic carboxylic acids is 1. The molecule has 11 heteroatoms. The molecule has 200 valence electrons. The van der Waals surface area contributed by atoms with E-state index in [2.05, 4.69) is 16.2 Å². The van der Waals surface area contributed by atoms with E-state index < -0.39 is 23.8 Å². The monoisotopic (exact) mass is 520 g/mol. The van der Waals surface area contributed by atoms with E-state index in [-0.39, 0.29) is 29.4 Å². The minimum atomic E-state index is -1.07. The molecule has 0 saturated heterocycles. The van der Waals surface area contributed by atoms with Crippen LogP contribution in [-0.2, 0) is 18.3 Å². The Morgan fingerprint density at radius 2 is 1.97 bits per heavy atom. The standard InChI is InChI=1S/C27H32N6O5/c1-15-8-9-18(25(34)35)19(10-15)16(2)37-22-11-17(13-30-24(22)29)23-20(31-33(7)21(23)12-28)14-32(6)26(36)38-27(3,4)5/h8-11,13,16H,14H2,1-7H3,(H2,29,30)(H,34,35). The van der Waals surface area contributed by atoms with Crippen LogP contribution in [0.4, 0.5) is 10.6 Å². The first-order chi connectivity index (χ1) is 17.7. The van der Waals surface area contributed by atoms with Gasteiger partial charge in [-0.15, -0.1) is 0 Å². The van der Waals surface area contributed by atoms with Gasteiger partial charge in [0.15, 0.2) is 11.6 Å². The van der Waals surface area contributed by atoms with E-state index in [1.54, 1.807) is 60.0 Å². The van der Waals surface area contributed by atoms with Gasteiger partial charge in [0.25, 0.3) is 0 Å². The summed E-state index contributed by atoms with van der Waals surface area (Å²) in [5.41, 5.74) is 8.61. The third-order valence-electron chi connectivity index (χ3n) is 5.67. The predicted molar refractivity (Wildman–Crippen MR) is 140 cm³/mol. The maximum atomic E-state index is 12.5. The molecular weight excluding hydrogens is 488 g/mol. The first kappa shape index (κ1) is 28.0. The molecular formula is C27H32N6O5. The molecule has 2 heterocycles. The molecule has 1 unspecified atom stereocenters. The highest BCUT2D eigenvalue weighted by atomic mass is 16.6. The summed E-state index contributed by atoms with van der Waals surface area (Å²) < 4.78 is 13.0. The number of hydrogen-bond acceptors (Lipinski definition) is 8. The molecule has 38 heavy (non-hydrogen) atoms. The van der Waals surface area contributed by atoms with Gasteiger partial charge >= 0.3 is 12.1 Å². The fourth-order valence-electron chi connectivity index (χ4n) is 3.90. The van der Waals surface area contributed by atoms with Crippen molar-refractivity contribution in [1.82, 2.24) is 19.7 Å². The number of carboxylic acids is 1. The summed E-state index contributed by atoms with van der Waals surface area (Å²) in [4.78, 5) is 29.9. The summed E-state index contributed by atoms with van der Waals surface area (Å²) in [6.07, 6.45) is 0.299. The van der Waals surface area contributed by atoms with Crippen molar-refractivity contribution in [1.29, 1.82) is 5.26 Å². The van der Waals surface area contributed by atoms with Crippen LogP contribution < -0.4 is 10.5 Å². The highest BCUT2D eigenvalue weighted by Gasteiger charge is 2.25. The summed E-state index contributed by atoms with van der Waals surface area (Å²) in [5.74, 6) is -0.755. The zero-order valence-corrected chi connectivity index (χ0v) is 22.6. The smallest absolute Gasteiger partial charge is 0.410 e. The lowest BCUT2D eigenvalue weighted by Gasteiger charge is -2.24. The molecule has 3 N–H and O–H groups in total. The van der Waals surface area contributed by atoms with Crippen LogP contribution in [0.3, 0.4) is 0 Å². The van der Waals surface area contributed by atoms with Crippen molar-refractivity contribution < 1.29 is 24.2 Å². The topological polar surface area (TPSA) is 157 Å². The second kappa shape index (κ2) is 10.8. The number of pyridine rings is 1. The zero-order chi connectivity index (χ0) is 28.4. The number of anilines is 1. The second-order valence-corrected chi connectivity index (χ2v) is 10.0. The van der Waals surface area contributed by atoms with E-state index in [0.717, 1.165) is 5.56 Å². The van der Waals surface area contributed by atoms with Crippen molar-refractivity contribution in [2.75, 3.05) is 12.8 Å². The number of aryl methyl sites for hydroxylation is 2. The van der Waals surface area contributed by atoms with Crippen LogP contribution in [0.25, 0.3) is 11.1 Å². The average molecular weight is 521 g/mol. The molecule has 11 nitrogen and oxygen atoms in total. The molecule has 0 aliphatic carbocycles. The molecule has 0 fully saturated rings. The highest BCUT2D eigenvalue weighted by molar-refractivity contribution is 5.89. The van der Waals surface area contributed by atoms with Gasteiger partial charge in [0.2, 0.25) is 0 Å². The average Bonchev–Trinajstić information content (AvgIpc) is 3.13. The van der Waals surface area contributed by atoms with Crippen molar-refractivity contribution in [3.63, 3.8) is 0 Å². The lowest BCUT2D eigenvalue weighted by molar-refractivity contribution is 0.0283. The number of nitrogens with two attached hydrogens (primary N) is 1. The van der Waals surface area contributed by atoms with Crippen LogP contribution in [0.2, 0.25) is 0 Å². The van der Waals surface area contributed by atoms with Gasteiger partial charge in [-0.3, -0.25) is 4.68 Å². The van der Waals surface area contributed by atoms with E-state index in [1.165, 1.54) is 21.8 Å². The van der Waals surface area contributed by atoms with Crippen molar-refractivity contribution >= 4 is 17.9 Å². The van der Waals surface area contributed by atoms with Gasteiger partial charge in [-0.05, 0) is 46.8 Å². The fourth-order valence-corrected chi connectivity index (χ4v) is 3.90. The summed E-state index contributed by atoms with van der Waals surface area (Å²) in [7, 11) is 3.21. The highest BCUT2D eigenvalue weighted by Crippen LogP contribution is 2.35. The molecule has 0 aliphatic rings. The molecule has 1 atom stereocenters. The molecule has 0 spiro atoms. The second-order valence-electron chi connectivity index (χ2n) is 10.0. The van der Waals surface area contributed by atoms with Gasteiger partial charge in [-0.25, -0.2) is 14.6 Å². The Bertz CT molecular complexity index is 1420. The third-order valence-corrected chi connectivity index (χ3v) is 5.67. The van der Waals surface area contributed by atoms with Crippen molar-refractivity contribution in [2.45, 2.75) is 52.9 Å². The number of rotatable bonds is 7. The fraction of sp³-hybridized carbons (Fsp3) is 0.370. The number of nitrogen functional groups attached to an aromatic ring is 1. The number of nitrogens with zero attached hydrogens (tertiary/aromatic N) is 5. The Morgan fingerprint density at radius 1 is 1.29 bits per heavy atom. The quantitative estimate of drug-likeness (QED) is 0.459. The lowest BCUT2D eigenvalue weighted by atomic mass is 10.0. The molecule has 0 radical (unpaired) electrons. The van der Waals surface area contributed by atoms with Crippen LogP contribution in [0, 0.1) is 18.3 Å². The Morgan fingerprint density at radius 3 is 2.58 bits per heavy atom. The summed E-state index contributed by atoms with van der Waals surface area (Å²) in [5, 5.41) is 23.9. The summed E-state index contributed by atoms with van der Waals surface area (Å²) >= 11 is 0. The number of nitriles is 1. The normalized spacial score (nSPS) is 11.9. The molecule has 0 saturated carbocycles. The predicted octanol–water partition coefficient (Wildman–Crippen LogP) is 4.45. The molecule has 3 rings (SSSR count). The van der Waals surface area contributed by atoms with Crippen molar-refractivity contribution in [2.24, 2.45) is 7.05 Å². The number of amides is 1. The van der Waals surface area contributed by atoms with Crippen molar-refractivity contribution in [3.05, 3.63) is 58.5 Å². The first-order valence-electron chi connectivity index (χ1n) is 11.9. The molecule has 3 aromatic rings. The molecule has 1 amide bonds. The number of aromatic nitrogens is 3. The lowest BCUT2D eigenvalue weighted by Crippen LogP contribution is -2.34. The summed E-state index contributed by atoms with van der Waals surface area (Å²) in [6, 6.07) is 8.79. The van der Waals surface area contributed by atoms with Crippen LogP contribution in [0.15, 0.2) is 30.5 Å². The molecule has 2 aromatic heterocycles. The van der Waals surface area contributed by atoms with Crippen LogP contribution >= 0.6 is 0 Å². The van der Waals surface area contributed by atoms with Crippen LogP contribution in [-0.4, -0.2) is 49.5 Å². The largest absolute Gasteiger partial charge is 0.482 e. The van der Waals surface area contributed by atoms with Crippen molar-refractivity contribution in [3.8, 4) is 22.9 Å². The zero-order valence-electron chi connectivity index (χ0n) is 22.6. The third kappa shape index (κ3) is 6.21. The van der Waals surface area contributed by atoms with Gasteiger partial charge in [-0.2, -0.15) is 10.4 Å². The first-order valence-corrected chi connectivity index (χ1v) is 11.9. The Balaban J connectivity index is 2.00.